The lowest BCUT2D eigenvalue weighted by Crippen LogP contribution is -2.21. The van der Waals surface area contributed by atoms with Gasteiger partial charge in [-0.25, -0.2) is 4.68 Å². The normalized spacial score (nSPS) is 12.5. The number of hydrogen-bond acceptors (Lipinski definition) is 4. The van der Waals surface area contributed by atoms with E-state index in [0.29, 0.717) is 0 Å². The number of thiophene rings is 1. The molecule has 3 rings (SSSR count). The van der Waals surface area contributed by atoms with Gasteiger partial charge >= 0.3 is 0 Å². The Morgan fingerprint density at radius 3 is 2.65 bits per heavy atom. The zero-order valence-corrected chi connectivity index (χ0v) is 12.3. The average Bonchev–Trinajstić information content (AvgIpc) is 3.11. The monoisotopic (exact) mass is 284 g/mol. The minimum atomic E-state index is 0.0939. The maximum atomic E-state index is 4.22. The first kappa shape index (κ1) is 13.0. The van der Waals surface area contributed by atoms with Crippen LogP contribution in [0.4, 0.5) is 0 Å². The van der Waals surface area contributed by atoms with Crippen molar-refractivity contribution in [3.63, 3.8) is 0 Å². The van der Waals surface area contributed by atoms with Crippen LogP contribution in [0.1, 0.15) is 22.9 Å². The van der Waals surface area contributed by atoms with Crippen LogP contribution in [0.5, 0.6) is 0 Å². The molecular weight excluding hydrogens is 268 g/mol. The van der Waals surface area contributed by atoms with Gasteiger partial charge in [0, 0.05) is 0 Å². The Bertz CT molecular complexity index is 687. The first-order chi connectivity index (χ1) is 9.81. The van der Waals surface area contributed by atoms with E-state index in [2.05, 4.69) is 33.3 Å². The van der Waals surface area contributed by atoms with Crippen LogP contribution in [-0.2, 0) is 0 Å². The predicted molar refractivity (Wildman–Crippen MR) is 81.3 cm³/mol. The van der Waals surface area contributed by atoms with Crippen LogP contribution in [-0.4, -0.2) is 22.0 Å². The van der Waals surface area contributed by atoms with Crippen molar-refractivity contribution in [2.75, 3.05) is 7.05 Å². The van der Waals surface area contributed by atoms with Crippen molar-refractivity contribution in [3.05, 3.63) is 64.1 Å². The third kappa shape index (κ3) is 2.26. The molecule has 2 aromatic heterocycles. The van der Waals surface area contributed by atoms with E-state index in [4.69, 9.17) is 0 Å². The average molecular weight is 284 g/mol. The molecule has 0 saturated heterocycles. The fourth-order valence-corrected chi connectivity index (χ4v) is 3.22. The number of nitrogens with zero attached hydrogens (tertiary/aromatic N) is 3. The van der Waals surface area contributed by atoms with E-state index in [1.54, 1.807) is 11.3 Å². The standard InChI is InChI=1S/C15H16N4S/c1-11-9-20-10-13(11)15(16-2)14-8-17-18-19(14)12-6-4-3-5-7-12/h3-10,15-16H,1-2H3. The second kappa shape index (κ2) is 5.56. The van der Waals surface area contributed by atoms with Gasteiger partial charge in [-0.3, -0.25) is 0 Å². The summed E-state index contributed by atoms with van der Waals surface area (Å²) in [4.78, 5) is 0. The highest BCUT2D eigenvalue weighted by Gasteiger charge is 2.20. The van der Waals surface area contributed by atoms with Crippen molar-refractivity contribution in [1.82, 2.24) is 20.3 Å². The van der Waals surface area contributed by atoms with Crippen molar-refractivity contribution in [2.24, 2.45) is 0 Å². The topological polar surface area (TPSA) is 42.7 Å². The molecule has 1 aromatic carbocycles. The van der Waals surface area contributed by atoms with E-state index in [9.17, 15) is 0 Å². The van der Waals surface area contributed by atoms with Crippen LogP contribution >= 0.6 is 11.3 Å². The zero-order chi connectivity index (χ0) is 13.9. The zero-order valence-electron chi connectivity index (χ0n) is 11.4. The first-order valence-corrected chi connectivity index (χ1v) is 7.41. The van der Waals surface area contributed by atoms with E-state index in [0.717, 1.165) is 11.4 Å². The van der Waals surface area contributed by atoms with Crippen LogP contribution in [0.15, 0.2) is 47.3 Å². The van der Waals surface area contributed by atoms with E-state index in [1.165, 1.54) is 11.1 Å². The Morgan fingerprint density at radius 1 is 1.20 bits per heavy atom. The van der Waals surface area contributed by atoms with Crippen molar-refractivity contribution in [2.45, 2.75) is 13.0 Å². The van der Waals surface area contributed by atoms with Gasteiger partial charge in [0.25, 0.3) is 0 Å². The number of para-hydroxylation sites is 1. The Balaban J connectivity index is 2.07. The molecule has 0 fully saturated rings. The van der Waals surface area contributed by atoms with Gasteiger partial charge in [0.05, 0.1) is 23.6 Å². The molecule has 3 aromatic rings. The summed E-state index contributed by atoms with van der Waals surface area (Å²) in [7, 11) is 1.96. The highest BCUT2D eigenvalue weighted by Crippen LogP contribution is 2.27. The largest absolute Gasteiger partial charge is 0.308 e. The second-order valence-electron chi connectivity index (χ2n) is 4.64. The van der Waals surface area contributed by atoms with E-state index in [-0.39, 0.29) is 6.04 Å². The predicted octanol–water partition coefficient (Wildman–Crippen LogP) is 2.95. The fourth-order valence-electron chi connectivity index (χ4n) is 2.34. The third-order valence-electron chi connectivity index (χ3n) is 3.37. The van der Waals surface area contributed by atoms with Crippen LogP contribution in [0.3, 0.4) is 0 Å². The molecule has 20 heavy (non-hydrogen) atoms. The molecule has 0 aliphatic heterocycles. The maximum absolute atomic E-state index is 4.22. The summed E-state index contributed by atoms with van der Waals surface area (Å²) in [5.74, 6) is 0. The minimum Gasteiger partial charge on any atom is -0.308 e. The van der Waals surface area contributed by atoms with Gasteiger partial charge in [-0.2, -0.15) is 11.3 Å². The van der Waals surface area contributed by atoms with Crippen LogP contribution in [0, 0.1) is 6.92 Å². The Labute approximate surface area is 122 Å². The van der Waals surface area contributed by atoms with Crippen molar-refractivity contribution in [3.8, 4) is 5.69 Å². The molecule has 0 bridgehead atoms. The molecule has 2 heterocycles. The number of hydrogen-bond donors (Lipinski definition) is 1. The van der Waals surface area contributed by atoms with Crippen molar-refractivity contribution in [1.29, 1.82) is 0 Å². The quantitative estimate of drug-likeness (QED) is 0.801. The molecule has 0 saturated carbocycles. The number of nitrogens with one attached hydrogen (secondary N) is 1. The summed E-state index contributed by atoms with van der Waals surface area (Å²) in [6, 6.07) is 10.2. The van der Waals surface area contributed by atoms with Gasteiger partial charge in [-0.1, -0.05) is 23.4 Å². The molecule has 0 spiro atoms. The molecule has 1 N–H and O–H groups in total. The van der Waals surface area contributed by atoms with E-state index >= 15 is 0 Å². The molecule has 0 amide bonds. The van der Waals surface area contributed by atoms with Crippen LogP contribution in [0.2, 0.25) is 0 Å². The van der Waals surface area contributed by atoms with Gasteiger partial charge in [0.2, 0.25) is 0 Å². The molecule has 1 atom stereocenters. The third-order valence-corrected chi connectivity index (χ3v) is 4.25. The fraction of sp³-hybridized carbons (Fsp3) is 0.200. The number of benzene rings is 1. The minimum absolute atomic E-state index is 0.0939. The molecular formula is C15H16N4S. The van der Waals surface area contributed by atoms with Gasteiger partial charge in [-0.05, 0) is 48.0 Å². The summed E-state index contributed by atoms with van der Waals surface area (Å²) < 4.78 is 1.89. The lowest BCUT2D eigenvalue weighted by molar-refractivity contribution is 0.633. The molecule has 0 aliphatic carbocycles. The molecule has 4 nitrogen and oxygen atoms in total. The number of rotatable bonds is 4. The van der Waals surface area contributed by atoms with E-state index in [1.807, 2.05) is 48.3 Å². The molecule has 0 aliphatic rings. The van der Waals surface area contributed by atoms with Gasteiger partial charge in [0.15, 0.2) is 0 Å². The smallest absolute Gasteiger partial charge is 0.0860 e. The van der Waals surface area contributed by atoms with E-state index < -0.39 is 0 Å². The summed E-state index contributed by atoms with van der Waals surface area (Å²) in [5, 5.41) is 16.0. The Kier molecular flexibility index (Phi) is 3.62. The lowest BCUT2D eigenvalue weighted by Gasteiger charge is -2.17. The van der Waals surface area contributed by atoms with Gasteiger partial charge in [-0.15, -0.1) is 5.10 Å². The SMILES string of the molecule is CNC(c1cscc1C)c1cnnn1-c1ccccc1. The molecule has 5 heteroatoms. The first-order valence-electron chi connectivity index (χ1n) is 6.47. The van der Waals surface area contributed by atoms with Gasteiger partial charge < -0.3 is 5.32 Å². The van der Waals surface area contributed by atoms with Crippen molar-refractivity contribution >= 4 is 11.3 Å². The van der Waals surface area contributed by atoms with Gasteiger partial charge in [0.1, 0.15) is 0 Å². The highest BCUT2D eigenvalue weighted by molar-refractivity contribution is 7.08. The number of aryl methyl sites for hydroxylation is 1. The maximum Gasteiger partial charge on any atom is 0.0860 e. The van der Waals surface area contributed by atoms with Crippen LogP contribution in [0.25, 0.3) is 5.69 Å². The summed E-state index contributed by atoms with van der Waals surface area (Å²) in [6.07, 6.45) is 1.82. The Morgan fingerprint density at radius 2 is 2.00 bits per heavy atom. The molecule has 1 unspecified atom stereocenters. The number of aromatic nitrogens is 3. The Hall–Kier alpha value is -1.98. The van der Waals surface area contributed by atoms with Crippen molar-refractivity contribution < 1.29 is 0 Å². The van der Waals surface area contributed by atoms with Crippen LogP contribution < -0.4 is 5.32 Å². The highest BCUT2D eigenvalue weighted by atomic mass is 32.1. The second-order valence-corrected chi connectivity index (χ2v) is 5.38. The summed E-state index contributed by atoms with van der Waals surface area (Å²) in [6.45, 7) is 2.13. The molecule has 0 radical (unpaired) electrons. The lowest BCUT2D eigenvalue weighted by atomic mass is 10.0. The summed E-state index contributed by atoms with van der Waals surface area (Å²) >= 11 is 1.72. The molecule has 102 valence electrons. The summed E-state index contributed by atoms with van der Waals surface area (Å²) in [5.41, 5.74) is 4.63.